The Morgan fingerprint density at radius 2 is 0.926 bits per heavy atom. The van der Waals surface area contributed by atoms with Gasteiger partial charge in [-0.1, -0.05) is 79.6 Å². The minimum absolute atomic E-state index is 0.442. The minimum Gasteiger partial charge on any atom is -0.402 e. The molecule has 0 saturated carbocycles. The Morgan fingerprint density at radius 1 is 0.556 bits per heavy atom. The van der Waals surface area contributed by atoms with Gasteiger partial charge in [0.15, 0.2) is 0 Å². The van der Waals surface area contributed by atoms with Gasteiger partial charge in [-0.05, 0) is 32.1 Å². The predicted molar refractivity (Wildman–Crippen MR) is 120 cm³/mol. The second-order valence-electron chi connectivity index (χ2n) is 7.91. The van der Waals surface area contributed by atoms with Crippen LogP contribution in [0.4, 0.5) is 0 Å². The summed E-state index contributed by atoms with van der Waals surface area (Å²) >= 11 is 0. The molecule has 0 aliphatic rings. The second kappa shape index (κ2) is 22.2. The quantitative estimate of drug-likeness (QED) is 0.184. The first kappa shape index (κ1) is 29.1. The third-order valence-corrected chi connectivity index (χ3v) is 5.21. The van der Waals surface area contributed by atoms with Gasteiger partial charge in [0.25, 0.3) is 0 Å². The average molecular weight is 388 g/mol. The molecule has 0 aromatic rings. The molecule has 27 heavy (non-hydrogen) atoms. The number of hydrogen-bond donors (Lipinski definition) is 2. The molecule has 0 aliphatic carbocycles. The zero-order chi connectivity index (χ0) is 20.8. The van der Waals surface area contributed by atoms with E-state index in [1.807, 2.05) is 0 Å². The van der Waals surface area contributed by atoms with Crippen molar-refractivity contribution in [3.8, 4) is 0 Å². The topological polar surface area (TPSA) is 49.7 Å². The van der Waals surface area contributed by atoms with Crippen molar-refractivity contribution in [2.45, 2.75) is 112 Å². The van der Waals surface area contributed by atoms with Gasteiger partial charge in [0.1, 0.15) is 0 Å². The Hall–Kier alpha value is -0.0951. The summed E-state index contributed by atoms with van der Waals surface area (Å²) in [6.07, 6.45) is 15.4. The summed E-state index contributed by atoms with van der Waals surface area (Å²) in [5.74, 6) is 0. The van der Waals surface area contributed by atoms with Crippen LogP contribution < -0.4 is 0 Å². The maximum atomic E-state index is 8.24. The second-order valence-corrected chi connectivity index (χ2v) is 7.91. The van der Waals surface area contributed by atoms with Crippen LogP contribution in [0.5, 0.6) is 0 Å². The molecule has 4 nitrogen and oxygen atoms in total. The van der Waals surface area contributed by atoms with Crippen molar-refractivity contribution in [3.05, 3.63) is 0 Å². The smallest absolute Gasteiger partial charge is 0.402 e. The highest BCUT2D eigenvalue weighted by molar-refractivity contribution is 6.32. The number of hydrogen-bond acceptors (Lipinski definition) is 3. The Morgan fingerprint density at radius 3 is 1.22 bits per heavy atom. The van der Waals surface area contributed by atoms with Crippen LogP contribution in [0.25, 0.3) is 0 Å². The molecule has 0 heterocycles. The van der Waals surface area contributed by atoms with Crippen molar-refractivity contribution in [1.29, 1.82) is 0 Å². The molecule has 0 spiro atoms. The van der Waals surface area contributed by atoms with Gasteiger partial charge in [0.2, 0.25) is 0 Å². The van der Waals surface area contributed by atoms with E-state index in [0.29, 0.717) is 6.61 Å². The molecular formula is C22H51BNO3+. The fourth-order valence-corrected chi connectivity index (χ4v) is 3.36. The lowest BCUT2D eigenvalue weighted by atomic mass is 10.1. The Labute approximate surface area is 171 Å². The van der Waals surface area contributed by atoms with Gasteiger partial charge in [-0.15, -0.1) is 0 Å². The van der Waals surface area contributed by atoms with E-state index in [1.165, 1.54) is 94.9 Å². The van der Waals surface area contributed by atoms with E-state index in [2.05, 4.69) is 39.3 Å². The van der Waals surface area contributed by atoms with E-state index in [-0.39, 0.29) is 0 Å². The van der Waals surface area contributed by atoms with Gasteiger partial charge < -0.3 is 19.2 Å². The van der Waals surface area contributed by atoms with Gasteiger partial charge in [-0.2, -0.15) is 0 Å². The van der Waals surface area contributed by atoms with Gasteiger partial charge in [-0.25, -0.2) is 0 Å². The molecule has 5 heteroatoms. The SMILES string of the molecule is CCCCCCOB(O)O.CCCC[N+](CCCC)(CCCC)CCCC. The third-order valence-electron chi connectivity index (χ3n) is 5.21. The van der Waals surface area contributed by atoms with Crippen molar-refractivity contribution < 1.29 is 19.2 Å². The molecule has 0 aromatic heterocycles. The Kier molecular flexibility index (Phi) is 23.9. The first-order valence-electron chi connectivity index (χ1n) is 11.8. The summed E-state index contributed by atoms with van der Waals surface area (Å²) in [7, 11) is -1.60. The van der Waals surface area contributed by atoms with Crippen LogP contribution >= 0.6 is 0 Å². The molecule has 0 saturated heterocycles. The monoisotopic (exact) mass is 388 g/mol. The summed E-state index contributed by atoms with van der Waals surface area (Å²) < 4.78 is 5.92. The Balaban J connectivity index is 0. The van der Waals surface area contributed by atoms with Crippen LogP contribution in [-0.2, 0) is 4.65 Å². The lowest BCUT2D eigenvalue weighted by Gasteiger charge is -2.39. The molecule has 0 amide bonds. The summed E-state index contributed by atoms with van der Waals surface area (Å²) in [6, 6.07) is 0. The van der Waals surface area contributed by atoms with Crippen LogP contribution in [-0.4, -0.2) is 54.6 Å². The van der Waals surface area contributed by atoms with E-state index >= 15 is 0 Å². The molecule has 0 atom stereocenters. The van der Waals surface area contributed by atoms with Crippen molar-refractivity contribution in [2.75, 3.05) is 32.8 Å². The fourth-order valence-electron chi connectivity index (χ4n) is 3.36. The van der Waals surface area contributed by atoms with Gasteiger partial charge >= 0.3 is 7.32 Å². The number of quaternary nitrogens is 1. The van der Waals surface area contributed by atoms with Crippen LogP contribution in [0.2, 0.25) is 0 Å². The molecule has 0 aromatic carbocycles. The number of nitrogens with zero attached hydrogens (tertiary/aromatic N) is 1. The number of unbranched alkanes of at least 4 members (excludes halogenated alkanes) is 7. The van der Waals surface area contributed by atoms with Crippen LogP contribution in [0, 0.1) is 0 Å². The Bertz CT molecular complexity index is 241. The average Bonchev–Trinajstić information content (AvgIpc) is 2.67. The summed E-state index contributed by atoms with van der Waals surface area (Å²) in [5.41, 5.74) is 0. The van der Waals surface area contributed by atoms with Crippen molar-refractivity contribution in [3.63, 3.8) is 0 Å². The van der Waals surface area contributed by atoms with Crippen molar-refractivity contribution >= 4 is 7.32 Å². The van der Waals surface area contributed by atoms with Gasteiger partial charge in [0, 0.05) is 6.61 Å². The van der Waals surface area contributed by atoms with Crippen LogP contribution in [0.15, 0.2) is 0 Å². The highest BCUT2D eigenvalue weighted by Gasteiger charge is 2.24. The van der Waals surface area contributed by atoms with Crippen molar-refractivity contribution in [2.24, 2.45) is 0 Å². The highest BCUT2D eigenvalue weighted by atomic mass is 16.6. The van der Waals surface area contributed by atoms with Crippen molar-refractivity contribution in [1.82, 2.24) is 0 Å². The minimum atomic E-state index is -1.60. The largest absolute Gasteiger partial charge is 0.633 e. The molecular weight excluding hydrogens is 337 g/mol. The first-order chi connectivity index (χ1) is 13.0. The van der Waals surface area contributed by atoms with Gasteiger partial charge in [0.05, 0.1) is 26.2 Å². The van der Waals surface area contributed by atoms with E-state index in [0.717, 1.165) is 12.8 Å². The summed E-state index contributed by atoms with van der Waals surface area (Å²) in [5, 5.41) is 16.5. The van der Waals surface area contributed by atoms with E-state index in [4.69, 9.17) is 10.0 Å². The summed E-state index contributed by atoms with van der Waals surface area (Å²) in [4.78, 5) is 0. The molecule has 0 fully saturated rings. The zero-order valence-corrected chi connectivity index (χ0v) is 19.3. The molecule has 164 valence electrons. The molecule has 0 rings (SSSR count). The molecule has 0 radical (unpaired) electrons. The van der Waals surface area contributed by atoms with E-state index in [9.17, 15) is 0 Å². The standard InChI is InChI=1S/C16H36N.C6H15BO3/c1-5-9-13-17(14-10-6-2,15-11-7-3)16-12-8-4;1-2-3-4-5-6-10-7(8)9/h5-16H2,1-4H3;8-9H,2-6H2,1H3/q+1;. The number of rotatable bonds is 18. The van der Waals surface area contributed by atoms with Gasteiger partial charge in [-0.3, -0.25) is 0 Å². The third kappa shape index (κ3) is 20.5. The first-order valence-corrected chi connectivity index (χ1v) is 11.8. The maximum Gasteiger partial charge on any atom is 0.633 e. The fraction of sp³-hybridized carbons (Fsp3) is 1.00. The highest BCUT2D eigenvalue weighted by Crippen LogP contribution is 2.16. The normalized spacial score (nSPS) is 11.2. The molecule has 2 N–H and O–H groups in total. The van der Waals surface area contributed by atoms with E-state index in [1.54, 1.807) is 0 Å². The lowest BCUT2D eigenvalue weighted by Crippen LogP contribution is -2.50. The zero-order valence-electron chi connectivity index (χ0n) is 19.3. The molecule has 0 unspecified atom stereocenters. The predicted octanol–water partition coefficient (Wildman–Crippen LogP) is 5.56. The molecule has 0 aliphatic heterocycles. The molecule has 0 bridgehead atoms. The van der Waals surface area contributed by atoms with Crippen LogP contribution in [0.1, 0.15) is 112 Å². The lowest BCUT2D eigenvalue weighted by molar-refractivity contribution is -0.929. The van der Waals surface area contributed by atoms with E-state index < -0.39 is 7.32 Å². The summed E-state index contributed by atoms with van der Waals surface area (Å²) in [6.45, 7) is 17.6. The van der Waals surface area contributed by atoms with Crippen LogP contribution in [0.3, 0.4) is 0 Å². The maximum absolute atomic E-state index is 8.24.